The number of hydrogen-bond donors (Lipinski definition) is 0. The van der Waals surface area contributed by atoms with Gasteiger partial charge in [0.05, 0.1) is 29.7 Å². The number of carbonyl (C=O) groups is 1. The number of amides is 1. The van der Waals surface area contributed by atoms with Gasteiger partial charge >= 0.3 is 6.09 Å². The Bertz CT molecular complexity index is 1330. The molecule has 8 nitrogen and oxygen atoms in total. The molecule has 3 aromatic rings. The van der Waals surface area contributed by atoms with Crippen molar-refractivity contribution in [3.63, 3.8) is 0 Å². The molecule has 1 aliphatic heterocycles. The average molecular weight is 578 g/mol. The van der Waals surface area contributed by atoms with Crippen LogP contribution >= 0.6 is 27.5 Å². The SMILES string of the molecule is CCOc1cc(Cl)ccc1-n1c(CN2CCN(C(=O)OC(C)(C)C)CC2)nc2ccc(Br)cc2c1=O. The molecule has 0 aliphatic carbocycles. The zero-order chi connectivity index (χ0) is 26.0. The fraction of sp³-hybridized carbons (Fsp3) is 0.423. The number of ether oxygens (including phenoxy) is 2. The summed E-state index contributed by atoms with van der Waals surface area (Å²) in [5, 5.41) is 1.02. The second-order valence-electron chi connectivity index (χ2n) is 9.62. The summed E-state index contributed by atoms with van der Waals surface area (Å²) in [6, 6.07) is 10.7. The smallest absolute Gasteiger partial charge is 0.410 e. The number of rotatable bonds is 5. The predicted octanol–water partition coefficient (Wildman–Crippen LogP) is 5.25. The maximum Gasteiger partial charge on any atom is 0.410 e. The summed E-state index contributed by atoms with van der Waals surface area (Å²) in [7, 11) is 0. The molecule has 1 aliphatic rings. The maximum atomic E-state index is 13.8. The Morgan fingerprint density at radius 1 is 1.11 bits per heavy atom. The first kappa shape index (κ1) is 26.4. The van der Waals surface area contributed by atoms with Crippen molar-refractivity contribution >= 4 is 44.5 Å². The van der Waals surface area contributed by atoms with Crippen LogP contribution in [-0.4, -0.2) is 63.8 Å². The highest BCUT2D eigenvalue weighted by Gasteiger charge is 2.27. The summed E-state index contributed by atoms with van der Waals surface area (Å²) in [5.74, 6) is 1.10. The topological polar surface area (TPSA) is 76.9 Å². The number of fused-ring (bicyclic) bond motifs is 1. The van der Waals surface area contributed by atoms with E-state index in [4.69, 9.17) is 26.1 Å². The van der Waals surface area contributed by atoms with E-state index in [0.717, 1.165) is 4.47 Å². The summed E-state index contributed by atoms with van der Waals surface area (Å²) < 4.78 is 13.8. The summed E-state index contributed by atoms with van der Waals surface area (Å²) in [6.07, 6.45) is -0.309. The first-order valence-electron chi connectivity index (χ1n) is 11.9. The number of nitrogens with zero attached hydrogens (tertiary/aromatic N) is 4. The Kier molecular flexibility index (Phi) is 7.92. The number of piperazine rings is 1. The molecule has 0 N–H and O–H groups in total. The molecule has 0 saturated carbocycles. The van der Waals surface area contributed by atoms with Gasteiger partial charge in [-0.05, 0) is 58.0 Å². The van der Waals surface area contributed by atoms with Gasteiger partial charge in [-0.25, -0.2) is 9.78 Å². The maximum absolute atomic E-state index is 13.8. The molecule has 1 fully saturated rings. The van der Waals surface area contributed by atoms with Crippen LogP contribution in [0.5, 0.6) is 5.75 Å². The van der Waals surface area contributed by atoms with E-state index < -0.39 is 5.60 Å². The van der Waals surface area contributed by atoms with Gasteiger partial charge in [0.25, 0.3) is 5.56 Å². The lowest BCUT2D eigenvalue weighted by Crippen LogP contribution is -2.50. The minimum absolute atomic E-state index is 0.188. The predicted molar refractivity (Wildman–Crippen MR) is 144 cm³/mol. The summed E-state index contributed by atoms with van der Waals surface area (Å²) in [6.45, 7) is 10.6. The molecule has 0 atom stereocenters. The summed E-state index contributed by atoms with van der Waals surface area (Å²) in [4.78, 5) is 35.0. The van der Waals surface area contributed by atoms with Crippen molar-refractivity contribution in [2.75, 3.05) is 32.8 Å². The molecule has 1 amide bonds. The number of halogens is 2. The normalized spacial score (nSPS) is 14.8. The summed E-state index contributed by atoms with van der Waals surface area (Å²) >= 11 is 9.69. The van der Waals surface area contributed by atoms with Gasteiger partial charge in [0.1, 0.15) is 17.2 Å². The second kappa shape index (κ2) is 10.8. The molecule has 2 heterocycles. The Morgan fingerprint density at radius 3 is 2.50 bits per heavy atom. The van der Waals surface area contributed by atoms with Crippen molar-refractivity contribution in [2.45, 2.75) is 39.8 Å². The Morgan fingerprint density at radius 2 is 1.83 bits per heavy atom. The van der Waals surface area contributed by atoms with Crippen molar-refractivity contribution in [3.8, 4) is 11.4 Å². The van der Waals surface area contributed by atoms with Crippen LogP contribution in [0.1, 0.15) is 33.5 Å². The van der Waals surface area contributed by atoms with Crippen molar-refractivity contribution in [3.05, 3.63) is 62.1 Å². The average Bonchev–Trinajstić information content (AvgIpc) is 2.80. The van der Waals surface area contributed by atoms with Crippen LogP contribution in [0.4, 0.5) is 4.79 Å². The van der Waals surface area contributed by atoms with Crippen molar-refractivity contribution in [1.82, 2.24) is 19.4 Å². The molecule has 4 rings (SSSR count). The van der Waals surface area contributed by atoms with E-state index in [1.807, 2.05) is 39.8 Å². The van der Waals surface area contributed by atoms with Crippen LogP contribution in [0.3, 0.4) is 0 Å². The summed E-state index contributed by atoms with van der Waals surface area (Å²) in [5.41, 5.74) is 0.481. The molecular weight excluding hydrogens is 548 g/mol. The van der Waals surface area contributed by atoms with Gasteiger partial charge in [-0.1, -0.05) is 27.5 Å². The van der Waals surface area contributed by atoms with Gasteiger partial charge in [0.15, 0.2) is 0 Å². The minimum atomic E-state index is -0.537. The Balaban J connectivity index is 1.69. The highest BCUT2D eigenvalue weighted by molar-refractivity contribution is 9.10. The standard InChI is InChI=1S/C26H30BrClN4O4/c1-5-35-22-15-18(28)7-9-21(22)32-23(29-20-8-6-17(27)14-19(20)24(32)33)16-30-10-12-31(13-11-30)25(34)36-26(2,3)4/h6-9,14-15H,5,10-13,16H2,1-4H3. The fourth-order valence-electron chi connectivity index (χ4n) is 4.12. The lowest BCUT2D eigenvalue weighted by Gasteiger charge is -2.35. The third kappa shape index (κ3) is 6.02. The van der Waals surface area contributed by atoms with Crippen molar-refractivity contribution in [2.24, 2.45) is 0 Å². The molecule has 0 radical (unpaired) electrons. The van der Waals surface area contributed by atoms with Crippen LogP contribution in [0.25, 0.3) is 16.6 Å². The molecule has 10 heteroatoms. The third-order valence-corrected chi connectivity index (χ3v) is 6.48. The van der Waals surface area contributed by atoms with Crippen LogP contribution in [-0.2, 0) is 11.3 Å². The largest absolute Gasteiger partial charge is 0.492 e. The van der Waals surface area contributed by atoms with Crippen LogP contribution in [0.15, 0.2) is 45.7 Å². The molecule has 192 valence electrons. The number of aromatic nitrogens is 2. The van der Waals surface area contributed by atoms with Crippen LogP contribution in [0.2, 0.25) is 5.02 Å². The van der Waals surface area contributed by atoms with Gasteiger partial charge in [0, 0.05) is 41.7 Å². The molecule has 1 aromatic heterocycles. The molecule has 0 unspecified atom stereocenters. The monoisotopic (exact) mass is 576 g/mol. The van der Waals surface area contributed by atoms with Gasteiger partial charge in [-0.3, -0.25) is 14.3 Å². The quantitative estimate of drug-likeness (QED) is 0.412. The van der Waals surface area contributed by atoms with Gasteiger partial charge in [-0.2, -0.15) is 0 Å². The highest BCUT2D eigenvalue weighted by atomic mass is 79.9. The van der Waals surface area contributed by atoms with Crippen molar-refractivity contribution < 1.29 is 14.3 Å². The van der Waals surface area contributed by atoms with E-state index in [9.17, 15) is 9.59 Å². The van der Waals surface area contributed by atoms with E-state index in [0.29, 0.717) is 72.5 Å². The Labute approximate surface area is 223 Å². The lowest BCUT2D eigenvalue weighted by atomic mass is 10.2. The van der Waals surface area contributed by atoms with E-state index in [1.165, 1.54) is 0 Å². The number of carbonyl (C=O) groups excluding carboxylic acids is 1. The van der Waals surface area contributed by atoms with Gasteiger partial charge < -0.3 is 14.4 Å². The molecule has 1 saturated heterocycles. The second-order valence-corrected chi connectivity index (χ2v) is 11.0. The zero-order valence-electron chi connectivity index (χ0n) is 20.9. The molecule has 2 aromatic carbocycles. The third-order valence-electron chi connectivity index (χ3n) is 5.75. The molecule has 0 bridgehead atoms. The lowest BCUT2D eigenvalue weighted by molar-refractivity contribution is 0.0136. The molecule has 0 spiro atoms. The molecule has 36 heavy (non-hydrogen) atoms. The number of benzene rings is 2. The minimum Gasteiger partial charge on any atom is -0.492 e. The van der Waals surface area contributed by atoms with E-state index in [2.05, 4.69) is 20.8 Å². The van der Waals surface area contributed by atoms with E-state index in [-0.39, 0.29) is 11.7 Å². The van der Waals surface area contributed by atoms with E-state index in [1.54, 1.807) is 33.7 Å². The zero-order valence-corrected chi connectivity index (χ0v) is 23.2. The van der Waals surface area contributed by atoms with Crippen molar-refractivity contribution in [1.29, 1.82) is 0 Å². The number of hydrogen-bond acceptors (Lipinski definition) is 6. The van der Waals surface area contributed by atoms with Crippen LogP contribution in [0, 0.1) is 0 Å². The van der Waals surface area contributed by atoms with Crippen LogP contribution < -0.4 is 10.3 Å². The first-order chi connectivity index (χ1) is 17.1. The fourth-order valence-corrected chi connectivity index (χ4v) is 4.64. The molecular formula is C26H30BrClN4O4. The van der Waals surface area contributed by atoms with E-state index >= 15 is 0 Å². The Hall–Kier alpha value is -2.62. The highest BCUT2D eigenvalue weighted by Crippen LogP contribution is 2.28. The van der Waals surface area contributed by atoms with Gasteiger partial charge in [-0.15, -0.1) is 0 Å². The van der Waals surface area contributed by atoms with Gasteiger partial charge in [0.2, 0.25) is 0 Å². The first-order valence-corrected chi connectivity index (χ1v) is 13.1.